The number of rotatable bonds is 11. The summed E-state index contributed by atoms with van der Waals surface area (Å²) >= 11 is 0. The number of carboxylic acid groups (broad SMARTS) is 1. The second kappa shape index (κ2) is 12.3. The Bertz CT molecular complexity index is 767. The third kappa shape index (κ3) is 9.40. The number of aliphatic carboxylic acids is 1. The van der Waals surface area contributed by atoms with E-state index in [1.807, 2.05) is 25.2 Å². The molecule has 1 aliphatic rings. The number of hydrogen-bond donors (Lipinski definition) is 3. The van der Waals surface area contributed by atoms with E-state index in [1.165, 1.54) is 36.0 Å². The van der Waals surface area contributed by atoms with Crippen molar-refractivity contribution in [2.45, 2.75) is 72.8 Å². The van der Waals surface area contributed by atoms with Crippen molar-refractivity contribution in [2.24, 2.45) is 11.1 Å². The van der Waals surface area contributed by atoms with Crippen LogP contribution in [-0.2, 0) is 9.59 Å². The van der Waals surface area contributed by atoms with Crippen LogP contribution >= 0.6 is 0 Å². The molecule has 0 fully saturated rings. The average Bonchev–Trinajstić information content (AvgIpc) is 2.63. The van der Waals surface area contributed by atoms with Gasteiger partial charge >= 0.3 is 5.97 Å². The first kappa shape index (κ1) is 25.6. The van der Waals surface area contributed by atoms with Crippen LogP contribution in [0.25, 0.3) is 0 Å². The van der Waals surface area contributed by atoms with Gasteiger partial charge in [-0.2, -0.15) is 0 Å². The van der Waals surface area contributed by atoms with Crippen molar-refractivity contribution in [1.82, 2.24) is 5.32 Å². The highest BCUT2D eigenvalue weighted by Gasteiger charge is 2.26. The maximum atomic E-state index is 11.2. The molecular formula is C25H38N2O3. The van der Waals surface area contributed by atoms with E-state index in [9.17, 15) is 14.7 Å². The Kier molecular flexibility index (Phi) is 10.5. The summed E-state index contributed by atoms with van der Waals surface area (Å²) in [5.41, 5.74) is 10.5. The summed E-state index contributed by atoms with van der Waals surface area (Å²) in [4.78, 5) is 22.0. The Morgan fingerprint density at radius 3 is 2.53 bits per heavy atom. The second-order valence-corrected chi connectivity index (χ2v) is 8.79. The molecule has 1 amide bonds. The summed E-state index contributed by atoms with van der Waals surface area (Å²) in [5.74, 6) is -1.47. The molecule has 0 aromatic rings. The molecule has 30 heavy (non-hydrogen) atoms. The summed E-state index contributed by atoms with van der Waals surface area (Å²) in [5, 5.41) is 12.1. The third-order valence-corrected chi connectivity index (χ3v) is 5.54. The Hall–Kier alpha value is -2.40. The lowest BCUT2D eigenvalue weighted by molar-refractivity contribution is -0.139. The molecule has 166 valence electrons. The van der Waals surface area contributed by atoms with Gasteiger partial charge in [0.1, 0.15) is 6.04 Å². The van der Waals surface area contributed by atoms with Crippen LogP contribution in [0.15, 0.2) is 58.7 Å². The minimum absolute atomic E-state index is 0.0533. The molecule has 0 heterocycles. The van der Waals surface area contributed by atoms with Crippen molar-refractivity contribution >= 4 is 11.9 Å². The zero-order valence-corrected chi connectivity index (χ0v) is 19.1. The van der Waals surface area contributed by atoms with Crippen molar-refractivity contribution in [3.63, 3.8) is 0 Å². The Labute approximate surface area is 181 Å². The van der Waals surface area contributed by atoms with Crippen LogP contribution in [0.5, 0.6) is 0 Å². The van der Waals surface area contributed by atoms with Gasteiger partial charge < -0.3 is 16.2 Å². The summed E-state index contributed by atoms with van der Waals surface area (Å²) in [6.45, 7) is 11.3. The topological polar surface area (TPSA) is 92.4 Å². The van der Waals surface area contributed by atoms with Gasteiger partial charge in [-0.1, -0.05) is 67.0 Å². The molecule has 0 bridgehead atoms. The van der Waals surface area contributed by atoms with Crippen LogP contribution in [-0.4, -0.2) is 29.6 Å². The van der Waals surface area contributed by atoms with Crippen LogP contribution in [0.1, 0.15) is 66.7 Å². The Morgan fingerprint density at radius 2 is 1.93 bits per heavy atom. The zero-order valence-electron chi connectivity index (χ0n) is 19.1. The van der Waals surface area contributed by atoms with E-state index in [0.717, 1.165) is 5.57 Å². The Morgan fingerprint density at radius 1 is 1.23 bits per heavy atom. The lowest BCUT2D eigenvalue weighted by atomic mass is 9.72. The number of carbonyl (C=O) groups excluding carboxylic acids is 1. The van der Waals surface area contributed by atoms with Gasteiger partial charge in [0.25, 0.3) is 0 Å². The van der Waals surface area contributed by atoms with Crippen LogP contribution in [0, 0.1) is 5.41 Å². The van der Waals surface area contributed by atoms with E-state index in [2.05, 4.69) is 51.2 Å². The molecule has 0 saturated heterocycles. The standard InChI is InChI=1S/C25H38N2O3/c1-18(11-12-21-20(3)10-7-16-25(21,4)5)8-6-9-19(2)15-17-27-22(24(29)30)13-14-23(26)28/h6,8-9,11-12,15,22,27H,7,10,13-14,16-17H2,1-5H3,(H2,26,28)(H,29,30)/b9-6+,12-11+,18-8+,19-15+. The highest BCUT2D eigenvalue weighted by Crippen LogP contribution is 2.40. The van der Waals surface area contributed by atoms with Gasteiger partial charge in [-0.3, -0.25) is 9.59 Å². The van der Waals surface area contributed by atoms with E-state index in [4.69, 9.17) is 5.73 Å². The number of nitrogens with two attached hydrogens (primary N) is 1. The fourth-order valence-corrected chi connectivity index (χ4v) is 3.66. The molecule has 0 saturated carbocycles. The first-order valence-corrected chi connectivity index (χ1v) is 10.7. The number of allylic oxidation sites excluding steroid dienone is 9. The maximum absolute atomic E-state index is 11.2. The lowest BCUT2D eigenvalue weighted by Crippen LogP contribution is -2.37. The fourth-order valence-electron chi connectivity index (χ4n) is 3.66. The molecule has 0 radical (unpaired) electrons. The van der Waals surface area contributed by atoms with E-state index < -0.39 is 17.9 Å². The van der Waals surface area contributed by atoms with Crippen molar-refractivity contribution < 1.29 is 14.7 Å². The van der Waals surface area contributed by atoms with Gasteiger partial charge in [-0.15, -0.1) is 0 Å². The zero-order chi connectivity index (χ0) is 22.7. The van der Waals surface area contributed by atoms with Crippen LogP contribution < -0.4 is 11.1 Å². The number of primary amides is 1. The summed E-state index contributed by atoms with van der Waals surface area (Å²) in [6.07, 6.45) is 16.4. The minimum atomic E-state index is -0.977. The fraction of sp³-hybridized carbons (Fsp3) is 0.520. The Balaban J connectivity index is 2.61. The largest absolute Gasteiger partial charge is 0.480 e. The molecule has 0 spiro atoms. The molecule has 1 atom stereocenters. The smallest absolute Gasteiger partial charge is 0.320 e. The molecule has 5 heteroatoms. The van der Waals surface area contributed by atoms with Gasteiger partial charge in [0.2, 0.25) is 5.91 Å². The van der Waals surface area contributed by atoms with Crippen LogP contribution in [0.3, 0.4) is 0 Å². The summed E-state index contributed by atoms with van der Waals surface area (Å²) < 4.78 is 0. The molecule has 5 nitrogen and oxygen atoms in total. The molecule has 0 aromatic carbocycles. The number of nitrogens with one attached hydrogen (secondary N) is 1. The van der Waals surface area contributed by atoms with E-state index in [-0.39, 0.29) is 18.3 Å². The maximum Gasteiger partial charge on any atom is 0.320 e. The average molecular weight is 415 g/mol. The van der Waals surface area contributed by atoms with Crippen molar-refractivity contribution in [3.8, 4) is 0 Å². The predicted octanol–water partition coefficient (Wildman–Crippen LogP) is 4.83. The third-order valence-electron chi connectivity index (χ3n) is 5.54. The predicted molar refractivity (Wildman–Crippen MR) is 124 cm³/mol. The molecule has 1 unspecified atom stereocenters. The number of carbonyl (C=O) groups is 2. The molecule has 1 rings (SSSR count). The van der Waals surface area contributed by atoms with Gasteiger partial charge in [0.15, 0.2) is 0 Å². The van der Waals surface area contributed by atoms with Crippen molar-refractivity contribution in [2.75, 3.05) is 6.54 Å². The quantitative estimate of drug-likeness (QED) is 0.422. The number of hydrogen-bond acceptors (Lipinski definition) is 3. The first-order chi connectivity index (χ1) is 14.0. The van der Waals surface area contributed by atoms with Crippen LogP contribution in [0.4, 0.5) is 0 Å². The molecular weight excluding hydrogens is 376 g/mol. The van der Waals surface area contributed by atoms with Crippen LogP contribution in [0.2, 0.25) is 0 Å². The SMILES string of the molecule is CC1=C(/C=C/C(C)=C/C=C/C(C)=C/CNC(CCC(N)=O)C(=O)O)C(C)(C)CCC1. The van der Waals surface area contributed by atoms with E-state index >= 15 is 0 Å². The lowest BCUT2D eigenvalue weighted by Gasteiger charge is -2.32. The van der Waals surface area contributed by atoms with Gasteiger partial charge in [0, 0.05) is 13.0 Å². The molecule has 0 aromatic heterocycles. The second-order valence-electron chi connectivity index (χ2n) is 8.79. The summed E-state index contributed by atoms with van der Waals surface area (Å²) in [6, 6.07) is -0.778. The molecule has 1 aliphatic carbocycles. The molecule has 0 aliphatic heterocycles. The highest BCUT2D eigenvalue weighted by atomic mass is 16.4. The van der Waals surface area contributed by atoms with E-state index in [1.54, 1.807) is 0 Å². The highest BCUT2D eigenvalue weighted by molar-refractivity contribution is 5.77. The number of carboxylic acids is 1. The van der Waals surface area contributed by atoms with Crippen molar-refractivity contribution in [1.29, 1.82) is 0 Å². The van der Waals surface area contributed by atoms with Gasteiger partial charge in [-0.25, -0.2) is 0 Å². The van der Waals surface area contributed by atoms with Gasteiger partial charge in [-0.05, 0) is 57.4 Å². The van der Waals surface area contributed by atoms with Crippen molar-refractivity contribution in [3.05, 3.63) is 58.7 Å². The molecule has 4 N–H and O–H groups in total. The minimum Gasteiger partial charge on any atom is -0.480 e. The first-order valence-electron chi connectivity index (χ1n) is 10.7. The number of amides is 1. The normalized spacial score (nSPS) is 19.0. The van der Waals surface area contributed by atoms with E-state index in [0.29, 0.717) is 6.54 Å². The monoisotopic (exact) mass is 414 g/mol. The van der Waals surface area contributed by atoms with Gasteiger partial charge in [0.05, 0.1) is 0 Å². The summed E-state index contributed by atoms with van der Waals surface area (Å²) in [7, 11) is 0.